The fourth-order valence-electron chi connectivity index (χ4n) is 1.01. The van der Waals surface area contributed by atoms with Gasteiger partial charge in [0.15, 0.2) is 5.69 Å². The van der Waals surface area contributed by atoms with Crippen LogP contribution in [0.4, 0.5) is 0 Å². The van der Waals surface area contributed by atoms with Crippen LogP contribution in [0.3, 0.4) is 0 Å². The summed E-state index contributed by atoms with van der Waals surface area (Å²) in [5.41, 5.74) is 2.04. The van der Waals surface area contributed by atoms with Gasteiger partial charge in [-0.1, -0.05) is 6.08 Å². The van der Waals surface area contributed by atoms with Gasteiger partial charge in [-0.25, -0.2) is 9.78 Å². The third-order valence-corrected chi connectivity index (χ3v) is 2.45. The van der Waals surface area contributed by atoms with Crippen molar-refractivity contribution in [3.63, 3.8) is 0 Å². The van der Waals surface area contributed by atoms with Crippen LogP contribution in [0.2, 0.25) is 0 Å². The molecule has 0 spiro atoms. The number of hydrogen-bond donors (Lipinski definition) is 1. The second-order valence-corrected chi connectivity index (χ2v) is 3.63. The first-order valence-electron chi connectivity index (χ1n) is 4.71. The first-order chi connectivity index (χ1) is 7.29. The molecule has 4 nitrogen and oxygen atoms in total. The number of esters is 1. The second-order valence-electron chi connectivity index (χ2n) is 2.75. The van der Waals surface area contributed by atoms with E-state index >= 15 is 0 Å². The van der Waals surface area contributed by atoms with Crippen molar-refractivity contribution in [3.8, 4) is 0 Å². The van der Waals surface area contributed by atoms with E-state index in [0.717, 1.165) is 11.4 Å². The normalized spacial score (nSPS) is 10.8. The quantitative estimate of drug-likeness (QED) is 0.774. The molecule has 0 aliphatic heterocycles. The van der Waals surface area contributed by atoms with Gasteiger partial charge in [0, 0.05) is 6.54 Å². The smallest absolute Gasteiger partial charge is 0.358 e. The first-order valence-corrected chi connectivity index (χ1v) is 5.59. The van der Waals surface area contributed by atoms with Crippen LogP contribution >= 0.6 is 11.3 Å². The number of likely N-dealkylation sites (N-methyl/N-ethyl adjacent to an activating group) is 1. The number of nitrogens with zero attached hydrogens (tertiary/aromatic N) is 1. The Morgan fingerprint density at radius 2 is 2.53 bits per heavy atom. The number of nitrogens with one attached hydrogen (secondary N) is 1. The molecule has 0 aliphatic carbocycles. The van der Waals surface area contributed by atoms with Crippen molar-refractivity contribution in [1.82, 2.24) is 10.3 Å². The molecule has 0 fully saturated rings. The maximum absolute atomic E-state index is 11.4. The van der Waals surface area contributed by atoms with E-state index in [1.165, 1.54) is 11.3 Å². The molecule has 1 heterocycles. The van der Waals surface area contributed by atoms with Gasteiger partial charge in [-0.3, -0.25) is 0 Å². The minimum Gasteiger partial charge on any atom is -0.461 e. The summed E-state index contributed by atoms with van der Waals surface area (Å²) in [6.07, 6.45) is 3.82. The summed E-state index contributed by atoms with van der Waals surface area (Å²) in [7, 11) is 1.86. The average molecular weight is 226 g/mol. The van der Waals surface area contributed by atoms with Crippen LogP contribution in [0, 0.1) is 0 Å². The Hall–Kier alpha value is -1.20. The number of carbonyl (C=O) groups is 1. The Balaban J connectivity index is 2.73. The zero-order chi connectivity index (χ0) is 11.1. The van der Waals surface area contributed by atoms with Gasteiger partial charge in [0.1, 0.15) is 0 Å². The number of ether oxygens (including phenoxy) is 1. The van der Waals surface area contributed by atoms with E-state index in [0.29, 0.717) is 12.3 Å². The van der Waals surface area contributed by atoms with Crippen molar-refractivity contribution in [1.29, 1.82) is 0 Å². The van der Waals surface area contributed by atoms with E-state index < -0.39 is 0 Å². The molecular formula is C10H14N2O2S. The van der Waals surface area contributed by atoms with Crippen molar-refractivity contribution in [2.24, 2.45) is 0 Å². The molecule has 1 aromatic rings. The number of hydrogen-bond acceptors (Lipinski definition) is 5. The van der Waals surface area contributed by atoms with Crippen LogP contribution in [0.1, 0.15) is 22.3 Å². The highest BCUT2D eigenvalue weighted by Gasteiger charge is 2.13. The predicted octanol–water partition coefficient (Wildman–Crippen LogP) is 1.55. The highest BCUT2D eigenvalue weighted by atomic mass is 32.1. The van der Waals surface area contributed by atoms with E-state index in [1.807, 2.05) is 19.2 Å². The number of carbonyl (C=O) groups excluding carboxylic acids is 1. The molecule has 0 atom stereocenters. The lowest BCUT2D eigenvalue weighted by atomic mass is 10.3. The van der Waals surface area contributed by atoms with Gasteiger partial charge in [-0.15, -0.1) is 11.3 Å². The van der Waals surface area contributed by atoms with Crippen LogP contribution in [-0.4, -0.2) is 31.2 Å². The van der Waals surface area contributed by atoms with E-state index in [1.54, 1.807) is 12.4 Å². The largest absolute Gasteiger partial charge is 0.461 e. The van der Waals surface area contributed by atoms with Gasteiger partial charge < -0.3 is 10.1 Å². The molecule has 0 unspecified atom stereocenters. The molecule has 0 radical (unpaired) electrons. The number of aromatic nitrogens is 1. The summed E-state index contributed by atoms with van der Waals surface area (Å²) in [5, 5.41) is 2.99. The Bertz CT molecular complexity index is 347. The molecule has 0 saturated heterocycles. The highest BCUT2D eigenvalue weighted by molar-refractivity contribution is 7.10. The molecule has 5 heteroatoms. The average Bonchev–Trinajstić information content (AvgIpc) is 2.67. The lowest BCUT2D eigenvalue weighted by Crippen LogP contribution is -2.06. The lowest BCUT2D eigenvalue weighted by Gasteiger charge is -1.98. The molecule has 0 bridgehead atoms. The fraction of sp³-hybridized carbons (Fsp3) is 0.400. The molecule has 0 amide bonds. The maximum atomic E-state index is 11.4. The monoisotopic (exact) mass is 226 g/mol. The molecule has 0 aromatic carbocycles. The lowest BCUT2D eigenvalue weighted by molar-refractivity contribution is 0.0520. The van der Waals surface area contributed by atoms with Crippen LogP contribution in [0.15, 0.2) is 11.6 Å². The van der Waals surface area contributed by atoms with Crippen molar-refractivity contribution in [2.45, 2.75) is 6.92 Å². The molecule has 1 rings (SSSR count). The van der Waals surface area contributed by atoms with Crippen molar-refractivity contribution >= 4 is 23.4 Å². The van der Waals surface area contributed by atoms with Crippen molar-refractivity contribution in [3.05, 3.63) is 22.2 Å². The topological polar surface area (TPSA) is 51.2 Å². The molecular weight excluding hydrogens is 212 g/mol. The summed E-state index contributed by atoms with van der Waals surface area (Å²) in [5.74, 6) is -0.358. The Morgan fingerprint density at radius 1 is 1.73 bits per heavy atom. The van der Waals surface area contributed by atoms with Crippen molar-refractivity contribution < 1.29 is 9.53 Å². The highest BCUT2D eigenvalue weighted by Crippen LogP contribution is 2.16. The molecule has 0 saturated carbocycles. The van der Waals surface area contributed by atoms with Gasteiger partial charge in [0.25, 0.3) is 0 Å². The van der Waals surface area contributed by atoms with E-state index in [9.17, 15) is 4.79 Å². The number of thiazole rings is 1. The Labute approximate surface area is 93.0 Å². The van der Waals surface area contributed by atoms with Crippen LogP contribution in [-0.2, 0) is 4.74 Å². The van der Waals surface area contributed by atoms with Gasteiger partial charge in [-0.2, -0.15) is 0 Å². The van der Waals surface area contributed by atoms with Gasteiger partial charge in [0.05, 0.1) is 17.0 Å². The van der Waals surface area contributed by atoms with Gasteiger partial charge in [-0.05, 0) is 20.0 Å². The van der Waals surface area contributed by atoms with Crippen LogP contribution in [0.5, 0.6) is 0 Å². The summed E-state index contributed by atoms with van der Waals surface area (Å²) >= 11 is 1.43. The zero-order valence-corrected chi connectivity index (χ0v) is 9.63. The third kappa shape index (κ3) is 3.45. The molecule has 82 valence electrons. The number of rotatable bonds is 5. The van der Waals surface area contributed by atoms with Crippen molar-refractivity contribution in [2.75, 3.05) is 20.2 Å². The SMILES string of the molecule is CCOC(=O)c1ncsc1C=CCNC. The van der Waals surface area contributed by atoms with Crippen LogP contribution < -0.4 is 5.32 Å². The van der Waals surface area contributed by atoms with Crippen LogP contribution in [0.25, 0.3) is 6.08 Å². The Kier molecular flexibility index (Phi) is 5.00. The van der Waals surface area contributed by atoms with E-state index in [2.05, 4.69) is 10.3 Å². The second kappa shape index (κ2) is 6.31. The maximum Gasteiger partial charge on any atom is 0.358 e. The predicted molar refractivity (Wildman–Crippen MR) is 61.0 cm³/mol. The third-order valence-electron chi connectivity index (χ3n) is 1.65. The zero-order valence-electron chi connectivity index (χ0n) is 8.82. The van der Waals surface area contributed by atoms with E-state index in [4.69, 9.17) is 4.74 Å². The minimum atomic E-state index is -0.358. The molecule has 1 N–H and O–H groups in total. The van der Waals surface area contributed by atoms with Gasteiger partial charge >= 0.3 is 5.97 Å². The van der Waals surface area contributed by atoms with E-state index in [-0.39, 0.29) is 5.97 Å². The summed E-state index contributed by atoms with van der Waals surface area (Å²) in [4.78, 5) is 16.3. The summed E-state index contributed by atoms with van der Waals surface area (Å²) in [6, 6.07) is 0. The standard InChI is InChI=1S/C10H14N2O2S/c1-3-14-10(13)9-8(15-7-12-9)5-4-6-11-2/h4-5,7,11H,3,6H2,1-2H3. The first kappa shape index (κ1) is 11.9. The Morgan fingerprint density at radius 3 is 3.20 bits per heavy atom. The molecule has 1 aromatic heterocycles. The summed E-state index contributed by atoms with van der Waals surface area (Å²) < 4.78 is 4.89. The summed E-state index contributed by atoms with van der Waals surface area (Å²) in [6.45, 7) is 2.91. The fourth-order valence-corrected chi connectivity index (χ4v) is 1.70. The molecule has 0 aliphatic rings. The van der Waals surface area contributed by atoms with Gasteiger partial charge in [0.2, 0.25) is 0 Å². The molecule has 15 heavy (non-hydrogen) atoms. The minimum absolute atomic E-state index is 0.358.